The fraction of sp³-hybridized carbons (Fsp3) is 0.600. The number of hydrogen-bond acceptors (Lipinski definition) is 4. The van der Waals surface area contributed by atoms with Crippen LogP contribution in [0.25, 0.3) is 0 Å². The van der Waals surface area contributed by atoms with Crippen molar-refractivity contribution in [3.8, 4) is 0 Å². The monoisotopic (exact) mass is 309 g/mol. The van der Waals surface area contributed by atoms with E-state index in [0.717, 1.165) is 24.7 Å². The van der Waals surface area contributed by atoms with Crippen LogP contribution in [0.3, 0.4) is 0 Å². The molecule has 21 heavy (non-hydrogen) atoms. The third-order valence-electron chi connectivity index (χ3n) is 4.29. The Morgan fingerprint density at radius 2 is 1.81 bits per heavy atom. The summed E-state index contributed by atoms with van der Waals surface area (Å²) in [4.78, 5) is 2.90. The molecular formula is C15H23N3O2S. The second-order valence-electron chi connectivity index (χ2n) is 6.17. The smallest absolute Gasteiger partial charge is 0.242 e. The first-order valence-electron chi connectivity index (χ1n) is 7.50. The van der Waals surface area contributed by atoms with Crippen LogP contribution in [0.2, 0.25) is 0 Å². The molecule has 1 N–H and O–H groups in total. The Bertz CT molecular complexity index is 594. The second-order valence-corrected chi connectivity index (χ2v) is 8.32. The molecule has 3 rings (SSSR count). The summed E-state index contributed by atoms with van der Waals surface area (Å²) in [6.45, 7) is 2.28. The molecule has 1 aromatic carbocycles. The Morgan fingerprint density at radius 3 is 2.38 bits per heavy atom. The van der Waals surface area contributed by atoms with Gasteiger partial charge in [-0.05, 0) is 43.5 Å². The predicted molar refractivity (Wildman–Crippen MR) is 83.9 cm³/mol. The summed E-state index contributed by atoms with van der Waals surface area (Å²) in [5.41, 5.74) is 0.996. The highest BCUT2D eigenvalue weighted by atomic mass is 32.2. The maximum atomic E-state index is 12.0. The van der Waals surface area contributed by atoms with Crippen molar-refractivity contribution < 1.29 is 8.42 Å². The van der Waals surface area contributed by atoms with E-state index in [-0.39, 0.29) is 0 Å². The average Bonchev–Trinajstić information content (AvgIpc) is 3.20. The van der Waals surface area contributed by atoms with Crippen molar-refractivity contribution in [1.82, 2.24) is 9.21 Å². The summed E-state index contributed by atoms with van der Waals surface area (Å²) in [5, 5.41) is 3.51. The van der Waals surface area contributed by atoms with Crippen molar-refractivity contribution in [2.24, 2.45) is 0 Å². The molecule has 0 spiro atoms. The van der Waals surface area contributed by atoms with Crippen LogP contribution < -0.4 is 5.32 Å². The van der Waals surface area contributed by atoms with Gasteiger partial charge >= 0.3 is 0 Å². The number of nitrogens with one attached hydrogen (secondary N) is 1. The van der Waals surface area contributed by atoms with Crippen molar-refractivity contribution in [3.05, 3.63) is 24.3 Å². The van der Waals surface area contributed by atoms with Gasteiger partial charge in [0.2, 0.25) is 10.0 Å². The number of rotatable bonds is 5. The van der Waals surface area contributed by atoms with Crippen molar-refractivity contribution in [2.75, 3.05) is 32.5 Å². The molecule has 1 aromatic rings. The zero-order valence-electron chi connectivity index (χ0n) is 12.6. The molecule has 0 bridgehead atoms. The molecule has 0 amide bonds. The van der Waals surface area contributed by atoms with Crippen molar-refractivity contribution >= 4 is 15.7 Å². The molecule has 1 saturated heterocycles. The minimum absolute atomic E-state index is 0.337. The SMILES string of the molecule is CN(C)S(=O)(=O)c1ccc(NC2CCN(C3CC3)C2)cc1. The molecule has 1 aliphatic carbocycles. The van der Waals surface area contributed by atoms with Gasteiger partial charge in [-0.1, -0.05) is 0 Å². The van der Waals surface area contributed by atoms with Crippen LogP contribution in [0.15, 0.2) is 29.2 Å². The van der Waals surface area contributed by atoms with E-state index in [4.69, 9.17) is 0 Å². The van der Waals surface area contributed by atoms with Gasteiger partial charge in [0, 0.05) is 45.0 Å². The van der Waals surface area contributed by atoms with E-state index in [1.54, 1.807) is 26.2 Å². The molecule has 1 heterocycles. The molecule has 5 nitrogen and oxygen atoms in total. The fourth-order valence-corrected chi connectivity index (χ4v) is 3.75. The van der Waals surface area contributed by atoms with Gasteiger partial charge in [-0.15, -0.1) is 0 Å². The molecule has 2 aliphatic rings. The first kappa shape index (κ1) is 14.8. The Balaban J connectivity index is 1.62. The van der Waals surface area contributed by atoms with E-state index < -0.39 is 10.0 Å². The van der Waals surface area contributed by atoms with Crippen LogP contribution in [0.1, 0.15) is 19.3 Å². The molecule has 0 radical (unpaired) electrons. The maximum absolute atomic E-state index is 12.0. The minimum Gasteiger partial charge on any atom is -0.381 e. The Labute approximate surface area is 127 Å². The van der Waals surface area contributed by atoms with Gasteiger partial charge in [0.05, 0.1) is 4.90 Å². The molecule has 1 unspecified atom stereocenters. The van der Waals surface area contributed by atoms with E-state index in [0.29, 0.717) is 10.9 Å². The Kier molecular flexibility index (Phi) is 3.94. The largest absolute Gasteiger partial charge is 0.381 e. The van der Waals surface area contributed by atoms with Crippen LogP contribution in [0.4, 0.5) is 5.69 Å². The second kappa shape index (κ2) is 5.59. The van der Waals surface area contributed by atoms with Crippen molar-refractivity contribution in [2.45, 2.75) is 36.2 Å². The third kappa shape index (κ3) is 3.22. The number of nitrogens with zero attached hydrogens (tertiary/aromatic N) is 2. The van der Waals surface area contributed by atoms with Gasteiger partial charge in [0.1, 0.15) is 0 Å². The summed E-state index contributed by atoms with van der Waals surface area (Å²) in [5.74, 6) is 0. The van der Waals surface area contributed by atoms with Gasteiger partial charge in [0.15, 0.2) is 0 Å². The van der Waals surface area contributed by atoms with Gasteiger partial charge in [-0.3, -0.25) is 4.90 Å². The summed E-state index contributed by atoms with van der Waals surface area (Å²) in [6, 6.07) is 8.36. The van der Waals surface area contributed by atoms with E-state index in [1.807, 2.05) is 12.1 Å². The number of hydrogen-bond donors (Lipinski definition) is 1. The summed E-state index contributed by atoms with van der Waals surface area (Å²) in [6.07, 6.45) is 3.86. The summed E-state index contributed by atoms with van der Waals surface area (Å²) in [7, 11) is -0.239. The standard InChI is InChI=1S/C15H23N3O2S/c1-17(2)21(19,20)15-7-3-12(4-8-15)16-13-9-10-18(11-13)14-5-6-14/h3-4,7-8,13-14,16H,5-6,9-11H2,1-2H3. The Morgan fingerprint density at radius 1 is 1.14 bits per heavy atom. The minimum atomic E-state index is -3.34. The Hall–Kier alpha value is -1.11. The van der Waals surface area contributed by atoms with Crippen LogP contribution in [0, 0.1) is 0 Å². The highest BCUT2D eigenvalue weighted by Crippen LogP contribution is 2.30. The first-order chi connectivity index (χ1) is 9.96. The van der Waals surface area contributed by atoms with Gasteiger partial charge in [-0.2, -0.15) is 0 Å². The lowest BCUT2D eigenvalue weighted by Gasteiger charge is -2.17. The normalized spacial score (nSPS) is 23.7. The fourth-order valence-electron chi connectivity index (χ4n) is 2.85. The van der Waals surface area contributed by atoms with E-state index >= 15 is 0 Å². The number of likely N-dealkylation sites (tertiary alicyclic amines) is 1. The van der Waals surface area contributed by atoms with Gasteiger partial charge in [0.25, 0.3) is 0 Å². The summed E-state index contributed by atoms with van der Waals surface area (Å²) < 4.78 is 25.3. The lowest BCUT2D eigenvalue weighted by atomic mass is 10.2. The van der Waals surface area contributed by atoms with Crippen LogP contribution >= 0.6 is 0 Å². The summed E-state index contributed by atoms with van der Waals surface area (Å²) >= 11 is 0. The number of sulfonamides is 1. The van der Waals surface area contributed by atoms with Crippen molar-refractivity contribution in [1.29, 1.82) is 0 Å². The lowest BCUT2D eigenvalue weighted by Crippen LogP contribution is -2.27. The quantitative estimate of drug-likeness (QED) is 0.897. The zero-order valence-corrected chi connectivity index (χ0v) is 13.4. The van der Waals surface area contributed by atoms with Crippen LogP contribution in [-0.2, 0) is 10.0 Å². The molecule has 1 saturated carbocycles. The van der Waals surface area contributed by atoms with Crippen LogP contribution in [-0.4, -0.2) is 56.9 Å². The van der Waals surface area contributed by atoms with E-state index in [2.05, 4.69) is 10.2 Å². The van der Waals surface area contributed by atoms with Crippen molar-refractivity contribution in [3.63, 3.8) is 0 Å². The lowest BCUT2D eigenvalue weighted by molar-refractivity contribution is 0.326. The van der Waals surface area contributed by atoms with Gasteiger partial charge < -0.3 is 5.32 Å². The van der Waals surface area contributed by atoms with Crippen LogP contribution in [0.5, 0.6) is 0 Å². The van der Waals surface area contributed by atoms with Gasteiger partial charge in [-0.25, -0.2) is 12.7 Å². The average molecular weight is 309 g/mol. The molecular weight excluding hydrogens is 286 g/mol. The molecule has 1 aliphatic heterocycles. The third-order valence-corrected chi connectivity index (χ3v) is 6.12. The topological polar surface area (TPSA) is 52.7 Å². The zero-order chi connectivity index (χ0) is 15.0. The first-order valence-corrected chi connectivity index (χ1v) is 8.94. The van der Waals surface area contributed by atoms with E-state index in [9.17, 15) is 8.42 Å². The predicted octanol–water partition coefficient (Wildman–Crippen LogP) is 1.59. The maximum Gasteiger partial charge on any atom is 0.242 e. The highest BCUT2D eigenvalue weighted by Gasteiger charge is 2.34. The number of anilines is 1. The molecule has 2 fully saturated rings. The van der Waals surface area contributed by atoms with E-state index in [1.165, 1.54) is 23.7 Å². The highest BCUT2D eigenvalue weighted by molar-refractivity contribution is 7.89. The number of benzene rings is 1. The molecule has 1 atom stereocenters. The molecule has 116 valence electrons. The molecule has 0 aromatic heterocycles. The molecule has 6 heteroatoms.